The Morgan fingerprint density at radius 1 is 1.20 bits per heavy atom. The zero-order valence-electron chi connectivity index (χ0n) is 10.9. The number of nitrogens with zero attached hydrogens (tertiary/aromatic N) is 1. The maximum absolute atomic E-state index is 9.07. The van der Waals surface area contributed by atoms with Crippen LogP contribution in [0.4, 0.5) is 5.69 Å². The number of methoxy groups -OCH3 is 1. The third-order valence-corrected chi connectivity index (χ3v) is 3.24. The topological polar surface area (TPSA) is 68.3 Å². The third-order valence-electron chi connectivity index (χ3n) is 2.75. The van der Waals surface area contributed by atoms with Crippen molar-refractivity contribution in [1.82, 2.24) is 0 Å². The molecule has 0 aliphatic rings. The van der Waals surface area contributed by atoms with Gasteiger partial charge >= 0.3 is 0 Å². The fourth-order valence-electron chi connectivity index (χ4n) is 1.78. The first kappa shape index (κ1) is 14.2. The Labute approximate surface area is 125 Å². The first-order chi connectivity index (χ1) is 9.63. The van der Waals surface area contributed by atoms with Gasteiger partial charge in [0.25, 0.3) is 0 Å². The Hall–Kier alpha value is -2.19. The number of anilines is 1. The van der Waals surface area contributed by atoms with E-state index in [2.05, 4.69) is 22.0 Å². The Bertz CT molecular complexity index is 665. The van der Waals surface area contributed by atoms with Crippen molar-refractivity contribution in [2.75, 3.05) is 12.8 Å². The summed E-state index contributed by atoms with van der Waals surface area (Å²) in [5, 5.41) is 9.07. The molecule has 2 rings (SSSR count). The van der Waals surface area contributed by atoms with Gasteiger partial charge in [-0.2, -0.15) is 5.26 Å². The average molecular weight is 333 g/mol. The van der Waals surface area contributed by atoms with Crippen LogP contribution in [0, 0.1) is 11.3 Å². The first-order valence-corrected chi connectivity index (χ1v) is 6.68. The monoisotopic (exact) mass is 332 g/mol. The minimum atomic E-state index is 0.307. The van der Waals surface area contributed by atoms with E-state index in [4.69, 9.17) is 20.5 Å². The maximum Gasteiger partial charge on any atom is 0.137 e. The summed E-state index contributed by atoms with van der Waals surface area (Å²) < 4.78 is 11.9. The molecule has 0 spiro atoms. The fraction of sp³-hybridized carbons (Fsp3) is 0.133. The molecule has 2 aromatic rings. The zero-order chi connectivity index (χ0) is 14.5. The van der Waals surface area contributed by atoms with Gasteiger partial charge in [-0.05, 0) is 36.4 Å². The molecule has 0 aromatic heterocycles. The summed E-state index contributed by atoms with van der Waals surface area (Å²) in [4.78, 5) is 0. The second kappa shape index (κ2) is 6.31. The zero-order valence-corrected chi connectivity index (χ0v) is 12.5. The van der Waals surface area contributed by atoms with Crippen molar-refractivity contribution >= 4 is 21.6 Å². The molecular formula is C15H13BrN2O2. The van der Waals surface area contributed by atoms with Crippen LogP contribution < -0.4 is 15.2 Å². The van der Waals surface area contributed by atoms with Gasteiger partial charge in [0.05, 0.1) is 12.7 Å². The lowest BCUT2D eigenvalue weighted by molar-refractivity contribution is 0.296. The fourth-order valence-corrected chi connectivity index (χ4v) is 2.18. The molecule has 0 amide bonds. The van der Waals surface area contributed by atoms with E-state index in [0.29, 0.717) is 23.6 Å². The lowest BCUT2D eigenvalue weighted by Gasteiger charge is -2.12. The Morgan fingerprint density at radius 2 is 1.95 bits per heavy atom. The molecular weight excluding hydrogens is 320 g/mol. The van der Waals surface area contributed by atoms with Crippen LogP contribution in [0.1, 0.15) is 11.1 Å². The molecule has 0 bridgehead atoms. The van der Waals surface area contributed by atoms with E-state index in [1.54, 1.807) is 25.3 Å². The number of ether oxygens (including phenoxy) is 2. The van der Waals surface area contributed by atoms with Gasteiger partial charge in [0.15, 0.2) is 0 Å². The molecule has 102 valence electrons. The predicted molar refractivity (Wildman–Crippen MR) is 80.6 cm³/mol. The quantitative estimate of drug-likeness (QED) is 0.870. The van der Waals surface area contributed by atoms with Gasteiger partial charge in [-0.15, -0.1) is 0 Å². The van der Waals surface area contributed by atoms with Crippen molar-refractivity contribution in [3.05, 3.63) is 52.0 Å². The number of rotatable bonds is 4. The van der Waals surface area contributed by atoms with Gasteiger partial charge in [0.2, 0.25) is 0 Å². The Kier molecular flexibility index (Phi) is 4.49. The molecule has 4 nitrogen and oxygen atoms in total. The van der Waals surface area contributed by atoms with E-state index in [1.165, 1.54) is 0 Å². The standard InChI is InChI=1S/C15H13BrN2O2/c1-19-14-4-2-12(16)6-11(14)9-20-15-5-3-13(18)7-10(15)8-17/h2-7H,9,18H2,1H3. The maximum atomic E-state index is 9.07. The van der Waals surface area contributed by atoms with Crippen LogP contribution in [0.3, 0.4) is 0 Å². The van der Waals surface area contributed by atoms with Crippen molar-refractivity contribution in [1.29, 1.82) is 5.26 Å². The molecule has 0 radical (unpaired) electrons. The normalized spacial score (nSPS) is 9.85. The van der Waals surface area contributed by atoms with Gasteiger partial charge in [0.1, 0.15) is 24.2 Å². The third kappa shape index (κ3) is 3.22. The van der Waals surface area contributed by atoms with Crippen molar-refractivity contribution in [3.8, 4) is 17.6 Å². The first-order valence-electron chi connectivity index (χ1n) is 5.89. The minimum Gasteiger partial charge on any atom is -0.496 e. The summed E-state index contributed by atoms with van der Waals surface area (Å²) in [6.45, 7) is 0.307. The molecule has 0 atom stereocenters. The van der Waals surface area contributed by atoms with E-state index in [1.807, 2.05) is 18.2 Å². The molecule has 0 saturated heterocycles. The summed E-state index contributed by atoms with van der Waals surface area (Å²) in [5.41, 5.74) is 7.49. The van der Waals surface area contributed by atoms with Crippen LogP contribution in [-0.4, -0.2) is 7.11 Å². The molecule has 0 heterocycles. The molecule has 20 heavy (non-hydrogen) atoms. The van der Waals surface area contributed by atoms with Crippen LogP contribution in [0.2, 0.25) is 0 Å². The highest BCUT2D eigenvalue weighted by molar-refractivity contribution is 9.10. The number of hydrogen-bond acceptors (Lipinski definition) is 4. The highest BCUT2D eigenvalue weighted by Crippen LogP contribution is 2.26. The average Bonchev–Trinajstić information content (AvgIpc) is 2.46. The lowest BCUT2D eigenvalue weighted by Crippen LogP contribution is -2.00. The second-order valence-electron chi connectivity index (χ2n) is 4.11. The summed E-state index contributed by atoms with van der Waals surface area (Å²) in [7, 11) is 1.61. The van der Waals surface area contributed by atoms with Crippen LogP contribution in [0.5, 0.6) is 11.5 Å². The van der Waals surface area contributed by atoms with Crippen LogP contribution in [0.15, 0.2) is 40.9 Å². The van der Waals surface area contributed by atoms with E-state index in [9.17, 15) is 0 Å². The molecule has 0 aliphatic carbocycles. The molecule has 2 N–H and O–H groups in total. The molecule has 5 heteroatoms. The highest BCUT2D eigenvalue weighted by atomic mass is 79.9. The Morgan fingerprint density at radius 3 is 2.65 bits per heavy atom. The Balaban J connectivity index is 2.21. The van der Waals surface area contributed by atoms with E-state index >= 15 is 0 Å². The van der Waals surface area contributed by atoms with Gasteiger partial charge in [-0.25, -0.2) is 0 Å². The highest BCUT2D eigenvalue weighted by Gasteiger charge is 2.08. The molecule has 0 unspecified atom stereocenters. The molecule has 2 aromatic carbocycles. The molecule has 0 aliphatic heterocycles. The van der Waals surface area contributed by atoms with Crippen molar-refractivity contribution in [2.24, 2.45) is 0 Å². The van der Waals surface area contributed by atoms with Crippen LogP contribution in [0.25, 0.3) is 0 Å². The summed E-state index contributed by atoms with van der Waals surface area (Å²) in [6, 6.07) is 12.7. The smallest absolute Gasteiger partial charge is 0.137 e. The number of halogens is 1. The summed E-state index contributed by atoms with van der Waals surface area (Å²) >= 11 is 3.41. The molecule has 0 saturated carbocycles. The summed E-state index contributed by atoms with van der Waals surface area (Å²) in [6.07, 6.45) is 0. The number of hydrogen-bond donors (Lipinski definition) is 1. The van der Waals surface area contributed by atoms with Gasteiger partial charge in [0, 0.05) is 15.7 Å². The van der Waals surface area contributed by atoms with Gasteiger partial charge < -0.3 is 15.2 Å². The SMILES string of the molecule is COc1ccc(Br)cc1COc1ccc(N)cc1C#N. The van der Waals surface area contributed by atoms with Gasteiger partial charge in [-0.1, -0.05) is 15.9 Å². The number of nitrogens with two attached hydrogens (primary N) is 1. The van der Waals surface area contributed by atoms with Crippen molar-refractivity contribution in [2.45, 2.75) is 6.61 Å². The van der Waals surface area contributed by atoms with Crippen LogP contribution in [-0.2, 0) is 6.61 Å². The number of nitrogen functional groups attached to an aromatic ring is 1. The minimum absolute atomic E-state index is 0.307. The van der Waals surface area contributed by atoms with E-state index in [0.717, 1.165) is 15.8 Å². The predicted octanol–water partition coefficient (Wildman–Crippen LogP) is 3.49. The number of nitriles is 1. The van der Waals surface area contributed by atoms with E-state index in [-0.39, 0.29) is 0 Å². The lowest BCUT2D eigenvalue weighted by atomic mass is 10.2. The van der Waals surface area contributed by atoms with Crippen molar-refractivity contribution < 1.29 is 9.47 Å². The molecule has 0 fully saturated rings. The van der Waals surface area contributed by atoms with Gasteiger partial charge in [-0.3, -0.25) is 0 Å². The van der Waals surface area contributed by atoms with Crippen molar-refractivity contribution in [3.63, 3.8) is 0 Å². The second-order valence-corrected chi connectivity index (χ2v) is 5.03. The van der Waals surface area contributed by atoms with Crippen LogP contribution >= 0.6 is 15.9 Å². The summed E-state index contributed by atoms with van der Waals surface area (Å²) in [5.74, 6) is 1.24. The number of benzene rings is 2. The largest absolute Gasteiger partial charge is 0.496 e. The van der Waals surface area contributed by atoms with E-state index < -0.39 is 0 Å².